The molecule has 19 heavy (non-hydrogen) atoms. The number of hydrogen-bond donors (Lipinski definition) is 1. The van der Waals surface area contributed by atoms with E-state index in [2.05, 4.69) is 4.74 Å². The van der Waals surface area contributed by atoms with Gasteiger partial charge in [-0.3, -0.25) is 4.79 Å². The fourth-order valence-corrected chi connectivity index (χ4v) is 1.97. The van der Waals surface area contributed by atoms with Crippen molar-refractivity contribution in [2.45, 2.75) is 4.90 Å². The van der Waals surface area contributed by atoms with E-state index in [4.69, 9.17) is 5.11 Å². The van der Waals surface area contributed by atoms with Crippen LogP contribution in [0.25, 0.3) is 0 Å². The lowest BCUT2D eigenvalue weighted by Crippen LogP contribution is -2.16. The van der Waals surface area contributed by atoms with Crippen LogP contribution in [0.3, 0.4) is 0 Å². The summed E-state index contributed by atoms with van der Waals surface area (Å²) in [5, 5.41) is 8.71. The van der Waals surface area contributed by atoms with Gasteiger partial charge in [-0.1, -0.05) is 0 Å². The van der Waals surface area contributed by atoms with Crippen LogP contribution in [0.1, 0.15) is 20.7 Å². The lowest BCUT2D eigenvalue weighted by Gasteiger charge is -2.10. The summed E-state index contributed by atoms with van der Waals surface area (Å²) in [7, 11) is 4.36. The Morgan fingerprint density at radius 1 is 1.16 bits per heavy atom. The minimum absolute atomic E-state index is 0.0723. The topological polar surface area (TPSA) is 83.9 Å². The van der Waals surface area contributed by atoms with Crippen LogP contribution in [-0.2, 0) is 4.74 Å². The molecule has 0 bridgehead atoms. The van der Waals surface area contributed by atoms with E-state index in [0.29, 0.717) is 4.90 Å². The number of methoxy groups -OCH3 is 1. The Labute approximate surface area is 114 Å². The predicted octanol–water partition coefficient (Wildman–Crippen LogP) is 1.95. The molecule has 0 heterocycles. The Bertz CT molecular complexity index is 527. The monoisotopic (exact) mass is 283 g/mol. The summed E-state index contributed by atoms with van der Waals surface area (Å²) >= 11 is 0.841. The average Bonchev–Trinajstić information content (AvgIpc) is 2.37. The maximum atomic E-state index is 11.6. The molecule has 0 aliphatic heterocycles. The number of amides is 1. The molecule has 1 amide bonds. The Morgan fingerprint density at radius 2 is 1.74 bits per heavy atom. The van der Waals surface area contributed by atoms with Crippen LogP contribution < -0.4 is 0 Å². The molecule has 1 aromatic carbocycles. The third-order valence-corrected chi connectivity index (χ3v) is 3.16. The number of carbonyl (C=O) groups excluding carboxylic acids is 2. The molecule has 1 aromatic rings. The molecule has 0 saturated heterocycles. The summed E-state index contributed by atoms with van der Waals surface area (Å²) in [6, 6.07) is 3.96. The summed E-state index contributed by atoms with van der Waals surface area (Å²) in [4.78, 5) is 35.7. The number of carbonyl (C=O) groups is 3. The number of rotatable bonds is 3. The summed E-state index contributed by atoms with van der Waals surface area (Å²) in [5.74, 6) is -1.83. The molecule has 0 aromatic heterocycles. The van der Waals surface area contributed by atoms with Crippen LogP contribution >= 0.6 is 11.8 Å². The molecular weight excluding hydrogens is 270 g/mol. The van der Waals surface area contributed by atoms with E-state index in [0.717, 1.165) is 11.8 Å². The molecule has 0 aliphatic carbocycles. The molecular formula is C12H13NO5S. The van der Waals surface area contributed by atoms with Crippen molar-refractivity contribution in [3.63, 3.8) is 0 Å². The first-order valence-electron chi connectivity index (χ1n) is 5.21. The fraction of sp³-hybridized carbons (Fsp3) is 0.250. The largest absolute Gasteiger partial charge is 0.478 e. The first-order chi connectivity index (χ1) is 8.85. The highest BCUT2D eigenvalue weighted by Crippen LogP contribution is 2.24. The van der Waals surface area contributed by atoms with Crippen LogP contribution in [0.15, 0.2) is 23.1 Å². The van der Waals surface area contributed by atoms with Crippen molar-refractivity contribution in [3.05, 3.63) is 29.3 Å². The Balaban J connectivity index is 3.17. The third-order valence-electron chi connectivity index (χ3n) is 2.14. The molecule has 0 aliphatic rings. The second-order valence-electron chi connectivity index (χ2n) is 3.81. The molecule has 1 N–H and O–H groups in total. The molecule has 0 spiro atoms. The van der Waals surface area contributed by atoms with Crippen molar-refractivity contribution in [2.24, 2.45) is 0 Å². The van der Waals surface area contributed by atoms with Crippen LogP contribution in [0.4, 0.5) is 4.79 Å². The van der Waals surface area contributed by atoms with Gasteiger partial charge < -0.3 is 14.7 Å². The maximum absolute atomic E-state index is 11.6. The number of thioether (sulfide) groups is 1. The molecule has 0 unspecified atom stereocenters. The lowest BCUT2D eigenvalue weighted by molar-refractivity contribution is 0.0600. The Morgan fingerprint density at radius 3 is 2.21 bits per heavy atom. The maximum Gasteiger partial charge on any atom is 0.337 e. The second kappa shape index (κ2) is 6.24. The van der Waals surface area contributed by atoms with E-state index in [1.807, 2.05) is 0 Å². The first-order valence-corrected chi connectivity index (χ1v) is 6.02. The van der Waals surface area contributed by atoms with Gasteiger partial charge >= 0.3 is 11.9 Å². The number of aromatic carboxylic acids is 1. The lowest BCUT2D eigenvalue weighted by atomic mass is 10.1. The van der Waals surface area contributed by atoms with Gasteiger partial charge in [0, 0.05) is 19.0 Å². The summed E-state index contributed by atoms with van der Waals surface area (Å²) < 4.78 is 4.54. The van der Waals surface area contributed by atoms with Gasteiger partial charge in [-0.05, 0) is 30.0 Å². The van der Waals surface area contributed by atoms with Crippen molar-refractivity contribution in [2.75, 3.05) is 21.2 Å². The normalized spacial score (nSPS) is 9.84. The molecule has 0 fully saturated rings. The third kappa shape index (κ3) is 3.99. The number of carboxylic acid groups (broad SMARTS) is 1. The first kappa shape index (κ1) is 15.0. The zero-order valence-electron chi connectivity index (χ0n) is 10.7. The van der Waals surface area contributed by atoms with Crippen LogP contribution in [0.2, 0.25) is 0 Å². The van der Waals surface area contributed by atoms with E-state index in [1.54, 1.807) is 14.1 Å². The number of nitrogens with zero attached hydrogens (tertiary/aromatic N) is 1. The molecule has 0 radical (unpaired) electrons. The van der Waals surface area contributed by atoms with Crippen LogP contribution in [0.5, 0.6) is 0 Å². The zero-order valence-corrected chi connectivity index (χ0v) is 11.5. The van der Waals surface area contributed by atoms with Crippen molar-refractivity contribution < 1.29 is 24.2 Å². The number of carboxylic acids is 1. The highest BCUT2D eigenvalue weighted by molar-refractivity contribution is 8.13. The van der Waals surface area contributed by atoms with E-state index >= 15 is 0 Å². The fourth-order valence-electron chi connectivity index (χ4n) is 1.21. The molecule has 6 nitrogen and oxygen atoms in total. The highest BCUT2D eigenvalue weighted by atomic mass is 32.2. The van der Waals surface area contributed by atoms with E-state index in [1.165, 1.54) is 30.2 Å². The van der Waals surface area contributed by atoms with Gasteiger partial charge in [0.1, 0.15) is 0 Å². The minimum atomic E-state index is -1.18. The van der Waals surface area contributed by atoms with Crippen molar-refractivity contribution >= 4 is 28.9 Å². The van der Waals surface area contributed by atoms with Gasteiger partial charge in [0.15, 0.2) is 0 Å². The zero-order chi connectivity index (χ0) is 14.6. The Hall–Kier alpha value is -2.02. The quantitative estimate of drug-likeness (QED) is 0.674. The highest BCUT2D eigenvalue weighted by Gasteiger charge is 2.15. The van der Waals surface area contributed by atoms with Crippen molar-refractivity contribution in [1.29, 1.82) is 0 Å². The smallest absolute Gasteiger partial charge is 0.337 e. The standard InChI is InChI=1S/C12H13NO5S/c1-13(2)12(17)19-9-5-7(10(14)15)4-8(6-9)11(16)18-3/h4-6H,1-3H3,(H,14,15). The van der Waals surface area contributed by atoms with Gasteiger partial charge in [0.05, 0.1) is 18.2 Å². The van der Waals surface area contributed by atoms with Gasteiger partial charge in [-0.2, -0.15) is 0 Å². The van der Waals surface area contributed by atoms with Crippen LogP contribution in [-0.4, -0.2) is 48.4 Å². The number of benzene rings is 1. The number of esters is 1. The average molecular weight is 283 g/mol. The van der Waals surface area contributed by atoms with Gasteiger partial charge in [0.2, 0.25) is 0 Å². The number of hydrogen-bond acceptors (Lipinski definition) is 5. The minimum Gasteiger partial charge on any atom is -0.478 e. The Kier molecular flexibility index (Phi) is 4.94. The molecule has 0 saturated carbocycles. The van der Waals surface area contributed by atoms with E-state index in [-0.39, 0.29) is 16.4 Å². The van der Waals surface area contributed by atoms with E-state index in [9.17, 15) is 14.4 Å². The number of ether oxygens (including phenoxy) is 1. The van der Waals surface area contributed by atoms with Gasteiger partial charge in [-0.25, -0.2) is 9.59 Å². The van der Waals surface area contributed by atoms with Gasteiger partial charge in [-0.15, -0.1) is 0 Å². The molecule has 0 atom stereocenters. The van der Waals surface area contributed by atoms with Crippen LogP contribution in [0, 0.1) is 0 Å². The molecule has 102 valence electrons. The van der Waals surface area contributed by atoms with E-state index < -0.39 is 11.9 Å². The summed E-state index contributed by atoms with van der Waals surface area (Å²) in [6.45, 7) is 0. The summed E-state index contributed by atoms with van der Waals surface area (Å²) in [5.41, 5.74) is 0.0217. The second-order valence-corrected chi connectivity index (χ2v) is 4.83. The predicted molar refractivity (Wildman–Crippen MR) is 69.7 cm³/mol. The SMILES string of the molecule is COC(=O)c1cc(SC(=O)N(C)C)cc(C(=O)O)c1. The molecule has 1 rings (SSSR count). The van der Waals surface area contributed by atoms with Gasteiger partial charge in [0.25, 0.3) is 5.24 Å². The molecule has 7 heteroatoms. The van der Waals surface area contributed by atoms with Crippen molar-refractivity contribution in [3.8, 4) is 0 Å². The summed E-state index contributed by atoms with van der Waals surface area (Å²) in [6.07, 6.45) is 0. The van der Waals surface area contributed by atoms with Crippen molar-refractivity contribution in [1.82, 2.24) is 4.90 Å².